The molecule has 0 spiro atoms. The standard InChI is InChI=1S/C15H24O3S.Na/c1-3-4-5-6-7-8-11-18-14-10-9-13(2)12-15(14)19(16)17;/h9-10,12H,3-8,11H2,1-2H3,(H,16,17);/q;+1/p-1. The number of aryl methyl sites for hydroxylation is 1. The van der Waals surface area contributed by atoms with Crippen LogP contribution in [-0.2, 0) is 11.1 Å². The van der Waals surface area contributed by atoms with Gasteiger partial charge in [-0.1, -0.05) is 45.1 Å². The van der Waals surface area contributed by atoms with Gasteiger partial charge in [0.2, 0.25) is 0 Å². The van der Waals surface area contributed by atoms with Gasteiger partial charge >= 0.3 is 29.6 Å². The molecule has 0 saturated heterocycles. The van der Waals surface area contributed by atoms with Gasteiger partial charge in [0, 0.05) is 0 Å². The van der Waals surface area contributed by atoms with Gasteiger partial charge in [0.15, 0.2) is 0 Å². The number of rotatable bonds is 9. The quantitative estimate of drug-likeness (QED) is 0.388. The van der Waals surface area contributed by atoms with Crippen molar-refractivity contribution in [1.82, 2.24) is 0 Å². The fraction of sp³-hybridized carbons (Fsp3) is 0.600. The first-order valence-electron chi connectivity index (χ1n) is 6.98. The van der Waals surface area contributed by atoms with Crippen LogP contribution in [0.5, 0.6) is 5.75 Å². The zero-order valence-electron chi connectivity index (χ0n) is 12.8. The molecule has 5 heteroatoms. The summed E-state index contributed by atoms with van der Waals surface area (Å²) in [5.41, 5.74) is 0.922. The summed E-state index contributed by atoms with van der Waals surface area (Å²) in [6.07, 6.45) is 7.16. The third-order valence-corrected chi connectivity index (χ3v) is 3.71. The third kappa shape index (κ3) is 7.79. The van der Waals surface area contributed by atoms with Crippen molar-refractivity contribution >= 4 is 11.1 Å². The van der Waals surface area contributed by atoms with Crippen LogP contribution in [0.25, 0.3) is 0 Å². The summed E-state index contributed by atoms with van der Waals surface area (Å²) >= 11 is -2.24. The monoisotopic (exact) mass is 306 g/mol. The molecule has 0 saturated carbocycles. The smallest absolute Gasteiger partial charge is 0.768 e. The van der Waals surface area contributed by atoms with E-state index in [-0.39, 0.29) is 34.5 Å². The van der Waals surface area contributed by atoms with E-state index in [4.69, 9.17) is 4.74 Å². The molecule has 0 fully saturated rings. The Morgan fingerprint density at radius 2 is 1.80 bits per heavy atom. The molecule has 0 N–H and O–H groups in total. The average Bonchev–Trinajstić information content (AvgIpc) is 2.39. The fourth-order valence-electron chi connectivity index (χ4n) is 1.93. The van der Waals surface area contributed by atoms with Crippen LogP contribution < -0.4 is 34.3 Å². The fourth-order valence-corrected chi connectivity index (χ4v) is 2.50. The maximum Gasteiger partial charge on any atom is 1.00 e. The number of hydrogen-bond acceptors (Lipinski definition) is 3. The second-order valence-electron chi connectivity index (χ2n) is 4.80. The molecule has 1 atom stereocenters. The van der Waals surface area contributed by atoms with Crippen molar-refractivity contribution in [1.29, 1.82) is 0 Å². The van der Waals surface area contributed by atoms with E-state index in [0.29, 0.717) is 12.4 Å². The van der Waals surface area contributed by atoms with Gasteiger partial charge in [-0.05, 0) is 42.1 Å². The Labute approximate surface area is 147 Å². The van der Waals surface area contributed by atoms with Gasteiger partial charge < -0.3 is 9.29 Å². The van der Waals surface area contributed by atoms with E-state index < -0.39 is 11.1 Å². The molecule has 20 heavy (non-hydrogen) atoms. The SMILES string of the molecule is CCCCCCCCOc1ccc(C)cc1S(=O)[O-].[Na+]. The van der Waals surface area contributed by atoms with E-state index >= 15 is 0 Å². The van der Waals surface area contributed by atoms with Crippen LogP contribution in [0.15, 0.2) is 23.1 Å². The van der Waals surface area contributed by atoms with E-state index in [2.05, 4.69) is 6.92 Å². The molecule has 0 radical (unpaired) electrons. The van der Waals surface area contributed by atoms with Gasteiger partial charge in [-0.15, -0.1) is 0 Å². The van der Waals surface area contributed by atoms with Crippen LogP contribution in [-0.4, -0.2) is 15.4 Å². The molecule has 0 aliphatic heterocycles. The molecule has 0 aromatic heterocycles. The number of unbranched alkanes of at least 4 members (excludes halogenated alkanes) is 5. The third-order valence-electron chi connectivity index (χ3n) is 3.03. The van der Waals surface area contributed by atoms with Gasteiger partial charge in [0.05, 0.1) is 11.5 Å². The Kier molecular flexibility index (Phi) is 11.8. The molecule has 108 valence electrons. The molecule has 0 bridgehead atoms. The summed E-state index contributed by atoms with van der Waals surface area (Å²) < 4.78 is 27.8. The molecular formula is C15H23NaO3S. The first-order valence-corrected chi connectivity index (χ1v) is 8.05. The summed E-state index contributed by atoms with van der Waals surface area (Å²) in [6.45, 7) is 4.65. The maximum atomic E-state index is 11.1. The summed E-state index contributed by atoms with van der Waals surface area (Å²) in [7, 11) is 0. The Morgan fingerprint density at radius 1 is 1.15 bits per heavy atom. The molecule has 1 rings (SSSR count). The van der Waals surface area contributed by atoms with Gasteiger partial charge in [-0.25, -0.2) is 0 Å². The Balaban J connectivity index is 0.00000361. The zero-order chi connectivity index (χ0) is 14.1. The van der Waals surface area contributed by atoms with Gasteiger partial charge in [-0.3, -0.25) is 4.21 Å². The minimum absolute atomic E-state index is 0. The Morgan fingerprint density at radius 3 is 2.45 bits per heavy atom. The minimum atomic E-state index is -2.24. The van der Waals surface area contributed by atoms with Crippen molar-refractivity contribution in [3.63, 3.8) is 0 Å². The first kappa shape index (κ1) is 20.1. The van der Waals surface area contributed by atoms with E-state index in [0.717, 1.165) is 18.4 Å². The van der Waals surface area contributed by atoms with Gasteiger partial charge in [0.1, 0.15) is 5.75 Å². The van der Waals surface area contributed by atoms with Crippen molar-refractivity contribution in [3.8, 4) is 5.75 Å². The number of ether oxygens (including phenoxy) is 1. The molecule has 1 unspecified atom stereocenters. The average molecular weight is 306 g/mol. The Hall–Kier alpha value is 0.130. The number of hydrogen-bond donors (Lipinski definition) is 0. The molecule has 0 aliphatic rings. The summed E-state index contributed by atoms with van der Waals surface area (Å²) in [5.74, 6) is 0.465. The predicted molar refractivity (Wildman–Crippen MR) is 77.2 cm³/mol. The zero-order valence-corrected chi connectivity index (χ0v) is 15.6. The summed E-state index contributed by atoms with van der Waals surface area (Å²) in [6, 6.07) is 5.24. The molecule has 1 aromatic carbocycles. The molecule has 1 aromatic rings. The minimum Gasteiger partial charge on any atom is -0.768 e. The summed E-state index contributed by atoms with van der Waals surface area (Å²) in [5, 5.41) is 0. The number of benzene rings is 1. The van der Waals surface area contributed by atoms with Crippen molar-refractivity contribution < 1.29 is 43.1 Å². The molecule has 3 nitrogen and oxygen atoms in total. The van der Waals surface area contributed by atoms with Crippen molar-refractivity contribution in [3.05, 3.63) is 23.8 Å². The van der Waals surface area contributed by atoms with Gasteiger partial charge in [-0.2, -0.15) is 0 Å². The molecular weight excluding hydrogens is 283 g/mol. The van der Waals surface area contributed by atoms with E-state index in [1.807, 2.05) is 13.0 Å². The van der Waals surface area contributed by atoms with Crippen LogP contribution in [0, 0.1) is 6.92 Å². The molecule has 0 heterocycles. The van der Waals surface area contributed by atoms with E-state index in [9.17, 15) is 8.76 Å². The molecule has 0 aliphatic carbocycles. The van der Waals surface area contributed by atoms with Crippen LogP contribution >= 0.6 is 0 Å². The normalized spacial score (nSPS) is 11.8. The summed E-state index contributed by atoms with van der Waals surface area (Å²) in [4.78, 5) is 0.256. The van der Waals surface area contributed by atoms with Crippen molar-refractivity contribution in [2.24, 2.45) is 0 Å². The van der Waals surface area contributed by atoms with Crippen molar-refractivity contribution in [2.45, 2.75) is 57.3 Å². The predicted octanol–water partition coefficient (Wildman–Crippen LogP) is 0.976. The Bertz CT molecular complexity index is 410. The topological polar surface area (TPSA) is 49.4 Å². The maximum absolute atomic E-state index is 11.1. The van der Waals surface area contributed by atoms with Crippen LogP contribution in [0.1, 0.15) is 51.0 Å². The van der Waals surface area contributed by atoms with Crippen molar-refractivity contribution in [2.75, 3.05) is 6.61 Å². The van der Waals surface area contributed by atoms with Crippen LogP contribution in [0.3, 0.4) is 0 Å². The molecule has 0 amide bonds. The van der Waals surface area contributed by atoms with E-state index in [1.54, 1.807) is 12.1 Å². The van der Waals surface area contributed by atoms with Crippen LogP contribution in [0.2, 0.25) is 0 Å². The van der Waals surface area contributed by atoms with E-state index in [1.165, 1.54) is 25.7 Å². The second kappa shape index (κ2) is 11.8. The van der Waals surface area contributed by atoms with Gasteiger partial charge in [0.25, 0.3) is 0 Å². The largest absolute Gasteiger partial charge is 1.00 e. The second-order valence-corrected chi connectivity index (χ2v) is 5.71. The van der Waals surface area contributed by atoms with Crippen LogP contribution in [0.4, 0.5) is 0 Å². The first-order chi connectivity index (χ1) is 9.15.